The Morgan fingerprint density at radius 2 is 1.82 bits per heavy atom. The van der Waals surface area contributed by atoms with Gasteiger partial charge in [-0.15, -0.1) is 0 Å². The molecule has 1 aromatic carbocycles. The molecule has 0 aromatic heterocycles. The van der Waals surface area contributed by atoms with Gasteiger partial charge in [0, 0.05) is 11.6 Å². The van der Waals surface area contributed by atoms with E-state index in [1.165, 1.54) is 6.42 Å². The van der Waals surface area contributed by atoms with E-state index < -0.39 is 0 Å². The predicted octanol–water partition coefficient (Wildman–Crippen LogP) is 3.08. The third-order valence-corrected chi connectivity index (χ3v) is 3.26. The Morgan fingerprint density at radius 1 is 1.18 bits per heavy atom. The zero-order valence-electron chi connectivity index (χ0n) is 9.78. The summed E-state index contributed by atoms with van der Waals surface area (Å²) in [6.45, 7) is 0. The molecule has 0 saturated heterocycles. The lowest BCUT2D eigenvalue weighted by Crippen LogP contribution is -2.24. The molecule has 1 aliphatic carbocycles. The number of nitriles is 1. The molecule has 3 heteroatoms. The summed E-state index contributed by atoms with van der Waals surface area (Å²) in [5.41, 5.74) is 1.39. The second-order valence-electron chi connectivity index (χ2n) is 4.51. The first kappa shape index (κ1) is 11.7. The first-order chi connectivity index (χ1) is 8.29. The summed E-state index contributed by atoms with van der Waals surface area (Å²) in [6, 6.07) is 9.05. The van der Waals surface area contributed by atoms with Crippen LogP contribution >= 0.6 is 0 Å². The minimum atomic E-state index is 0.120. The van der Waals surface area contributed by atoms with Crippen molar-refractivity contribution in [2.75, 3.05) is 5.32 Å². The lowest BCUT2D eigenvalue weighted by Gasteiger charge is -2.20. The summed E-state index contributed by atoms with van der Waals surface area (Å²) in [7, 11) is 0. The highest BCUT2D eigenvalue weighted by Crippen LogP contribution is 2.24. The third-order valence-electron chi connectivity index (χ3n) is 3.26. The van der Waals surface area contributed by atoms with Crippen molar-refractivity contribution < 1.29 is 4.79 Å². The fourth-order valence-corrected chi connectivity index (χ4v) is 2.24. The van der Waals surface area contributed by atoms with Crippen molar-refractivity contribution in [3.05, 3.63) is 29.8 Å². The molecule has 0 aliphatic heterocycles. The number of anilines is 1. The van der Waals surface area contributed by atoms with E-state index >= 15 is 0 Å². The Labute approximate surface area is 101 Å². The van der Waals surface area contributed by atoms with Gasteiger partial charge in [-0.05, 0) is 37.1 Å². The summed E-state index contributed by atoms with van der Waals surface area (Å²) in [5, 5.41) is 11.6. The number of rotatable bonds is 2. The Kier molecular flexibility index (Phi) is 3.77. The highest BCUT2D eigenvalue weighted by atomic mass is 16.1. The minimum absolute atomic E-state index is 0.120. The van der Waals surface area contributed by atoms with E-state index in [1.807, 2.05) is 0 Å². The molecule has 1 fully saturated rings. The van der Waals surface area contributed by atoms with Crippen molar-refractivity contribution in [1.82, 2.24) is 0 Å². The maximum absolute atomic E-state index is 11.9. The lowest BCUT2D eigenvalue weighted by molar-refractivity contribution is -0.120. The van der Waals surface area contributed by atoms with Crippen molar-refractivity contribution in [2.24, 2.45) is 5.92 Å². The van der Waals surface area contributed by atoms with Gasteiger partial charge in [0.15, 0.2) is 0 Å². The molecule has 1 aromatic rings. The molecular weight excluding hydrogens is 212 g/mol. The molecule has 1 N–H and O–H groups in total. The predicted molar refractivity (Wildman–Crippen MR) is 66.4 cm³/mol. The smallest absolute Gasteiger partial charge is 0.227 e. The molecule has 1 saturated carbocycles. The van der Waals surface area contributed by atoms with Crippen molar-refractivity contribution in [1.29, 1.82) is 5.26 Å². The van der Waals surface area contributed by atoms with Gasteiger partial charge in [-0.1, -0.05) is 19.3 Å². The Bertz CT molecular complexity index is 425. The Hall–Kier alpha value is -1.82. The van der Waals surface area contributed by atoms with Crippen LogP contribution < -0.4 is 5.32 Å². The Morgan fingerprint density at radius 3 is 2.41 bits per heavy atom. The van der Waals surface area contributed by atoms with Crippen LogP contribution in [0, 0.1) is 17.2 Å². The molecule has 88 valence electrons. The molecule has 0 heterocycles. The monoisotopic (exact) mass is 228 g/mol. The molecule has 17 heavy (non-hydrogen) atoms. The highest BCUT2D eigenvalue weighted by molar-refractivity contribution is 5.92. The fraction of sp³-hybridized carbons (Fsp3) is 0.429. The molecular formula is C14H16N2O. The number of carbonyl (C=O) groups is 1. The van der Waals surface area contributed by atoms with Gasteiger partial charge in [-0.3, -0.25) is 4.79 Å². The Balaban J connectivity index is 1.95. The molecule has 0 spiro atoms. The lowest BCUT2D eigenvalue weighted by atomic mass is 9.88. The number of carbonyl (C=O) groups excluding carboxylic acids is 1. The van der Waals surface area contributed by atoms with Crippen LogP contribution in [0.5, 0.6) is 0 Å². The fourth-order valence-electron chi connectivity index (χ4n) is 2.24. The first-order valence-corrected chi connectivity index (χ1v) is 6.10. The maximum Gasteiger partial charge on any atom is 0.227 e. The number of hydrogen-bond donors (Lipinski definition) is 1. The molecule has 0 radical (unpaired) electrons. The molecule has 0 unspecified atom stereocenters. The minimum Gasteiger partial charge on any atom is -0.326 e. The topological polar surface area (TPSA) is 52.9 Å². The van der Waals surface area contributed by atoms with Crippen LogP contribution in [0.25, 0.3) is 0 Å². The van der Waals surface area contributed by atoms with E-state index in [9.17, 15) is 4.79 Å². The summed E-state index contributed by atoms with van der Waals surface area (Å²) in [5.74, 6) is 0.286. The third kappa shape index (κ3) is 3.07. The zero-order chi connectivity index (χ0) is 12.1. The summed E-state index contributed by atoms with van der Waals surface area (Å²) in [6.07, 6.45) is 5.57. The number of nitrogens with zero attached hydrogens (tertiary/aromatic N) is 1. The second kappa shape index (κ2) is 5.49. The van der Waals surface area contributed by atoms with Crippen molar-refractivity contribution in [2.45, 2.75) is 32.1 Å². The van der Waals surface area contributed by atoms with Gasteiger partial charge in [0.05, 0.1) is 11.6 Å². The quantitative estimate of drug-likeness (QED) is 0.845. The molecule has 2 rings (SSSR count). The normalized spacial score (nSPS) is 16.2. The SMILES string of the molecule is N#Cc1ccc(NC(=O)C2CCCCC2)cc1. The summed E-state index contributed by atoms with van der Waals surface area (Å²) in [4.78, 5) is 11.9. The van der Waals surface area contributed by atoms with Gasteiger partial charge in [0.2, 0.25) is 5.91 Å². The number of amides is 1. The van der Waals surface area contributed by atoms with E-state index in [4.69, 9.17) is 5.26 Å². The van der Waals surface area contributed by atoms with Gasteiger partial charge in [0.1, 0.15) is 0 Å². The van der Waals surface area contributed by atoms with E-state index in [-0.39, 0.29) is 11.8 Å². The van der Waals surface area contributed by atoms with E-state index in [2.05, 4.69) is 11.4 Å². The van der Waals surface area contributed by atoms with E-state index in [0.29, 0.717) is 5.56 Å². The molecule has 1 amide bonds. The van der Waals surface area contributed by atoms with Crippen molar-refractivity contribution >= 4 is 11.6 Å². The second-order valence-corrected chi connectivity index (χ2v) is 4.51. The number of benzene rings is 1. The van der Waals surface area contributed by atoms with Gasteiger partial charge in [-0.2, -0.15) is 5.26 Å². The van der Waals surface area contributed by atoms with Crippen LogP contribution in [0.15, 0.2) is 24.3 Å². The molecule has 0 atom stereocenters. The molecule has 0 bridgehead atoms. The van der Waals surface area contributed by atoms with Crippen molar-refractivity contribution in [3.63, 3.8) is 0 Å². The van der Waals surface area contributed by atoms with Crippen LogP contribution in [0.2, 0.25) is 0 Å². The van der Waals surface area contributed by atoms with Crippen molar-refractivity contribution in [3.8, 4) is 6.07 Å². The van der Waals surface area contributed by atoms with Gasteiger partial charge < -0.3 is 5.32 Å². The highest BCUT2D eigenvalue weighted by Gasteiger charge is 2.20. The number of hydrogen-bond acceptors (Lipinski definition) is 2. The van der Waals surface area contributed by atoms with Crippen LogP contribution in [0.4, 0.5) is 5.69 Å². The van der Waals surface area contributed by atoms with Crippen LogP contribution in [-0.4, -0.2) is 5.91 Å². The molecule has 3 nitrogen and oxygen atoms in total. The largest absolute Gasteiger partial charge is 0.326 e. The maximum atomic E-state index is 11.9. The van der Waals surface area contributed by atoms with E-state index in [1.54, 1.807) is 24.3 Å². The van der Waals surface area contributed by atoms with Gasteiger partial charge in [0.25, 0.3) is 0 Å². The van der Waals surface area contributed by atoms with Gasteiger partial charge >= 0.3 is 0 Å². The first-order valence-electron chi connectivity index (χ1n) is 6.10. The zero-order valence-corrected chi connectivity index (χ0v) is 9.78. The molecule has 1 aliphatic rings. The number of nitrogens with one attached hydrogen (secondary N) is 1. The van der Waals surface area contributed by atoms with Crippen LogP contribution in [0.1, 0.15) is 37.7 Å². The van der Waals surface area contributed by atoms with Crippen LogP contribution in [0.3, 0.4) is 0 Å². The van der Waals surface area contributed by atoms with Gasteiger partial charge in [-0.25, -0.2) is 0 Å². The summed E-state index contributed by atoms with van der Waals surface area (Å²) >= 11 is 0. The summed E-state index contributed by atoms with van der Waals surface area (Å²) < 4.78 is 0. The average Bonchev–Trinajstić information content (AvgIpc) is 2.40. The van der Waals surface area contributed by atoms with E-state index in [0.717, 1.165) is 31.4 Å². The standard InChI is InChI=1S/C14H16N2O/c15-10-11-6-8-13(9-7-11)16-14(17)12-4-2-1-3-5-12/h6-9,12H,1-5H2,(H,16,17). The van der Waals surface area contributed by atoms with Crippen LogP contribution in [-0.2, 0) is 4.79 Å². The average molecular weight is 228 g/mol.